The molecule has 1 atom stereocenters. The van der Waals surface area contributed by atoms with Gasteiger partial charge in [-0.05, 0) is 23.8 Å². The topological polar surface area (TPSA) is 41.6 Å². The summed E-state index contributed by atoms with van der Waals surface area (Å²) in [6.45, 7) is 1.42. The molecule has 5 heteroatoms. The monoisotopic (exact) mass is 282 g/mol. The Morgan fingerprint density at radius 3 is 3.05 bits per heavy atom. The average molecular weight is 283 g/mol. The summed E-state index contributed by atoms with van der Waals surface area (Å²) in [5.74, 6) is 1.05. The molecule has 1 N–H and O–H groups in total. The molecule has 0 aromatic heterocycles. The van der Waals surface area contributed by atoms with Gasteiger partial charge in [-0.15, -0.1) is 0 Å². The number of halogens is 1. The van der Waals surface area contributed by atoms with Crippen molar-refractivity contribution >= 4 is 17.5 Å². The van der Waals surface area contributed by atoms with E-state index < -0.39 is 0 Å². The number of nitrogens with zero attached hydrogens (tertiary/aromatic N) is 1. The fourth-order valence-corrected chi connectivity index (χ4v) is 2.28. The number of carbonyl (C=O) groups is 1. The van der Waals surface area contributed by atoms with Gasteiger partial charge < -0.3 is 15.0 Å². The predicted octanol–water partition coefficient (Wildman–Crippen LogP) is 1.71. The number of amides is 1. The van der Waals surface area contributed by atoms with Crippen LogP contribution in [0.4, 0.5) is 0 Å². The molecule has 0 saturated carbocycles. The van der Waals surface area contributed by atoms with E-state index in [1.807, 2.05) is 18.2 Å². The number of hydrogen-bond acceptors (Lipinski definition) is 3. The number of fused-ring (bicyclic) bond motifs is 1. The Balaban J connectivity index is 1.71. The zero-order valence-corrected chi connectivity index (χ0v) is 12.0. The molecule has 0 spiro atoms. The van der Waals surface area contributed by atoms with Crippen LogP contribution < -0.4 is 10.1 Å². The van der Waals surface area contributed by atoms with Gasteiger partial charge in [0.15, 0.2) is 0 Å². The van der Waals surface area contributed by atoms with Crippen LogP contribution in [0.1, 0.15) is 12.0 Å². The zero-order chi connectivity index (χ0) is 13.8. The van der Waals surface area contributed by atoms with Gasteiger partial charge in [-0.25, -0.2) is 0 Å². The molecule has 1 aromatic carbocycles. The molecule has 1 aromatic rings. The van der Waals surface area contributed by atoms with Gasteiger partial charge in [-0.1, -0.05) is 11.6 Å². The Kier molecular flexibility index (Phi) is 4.66. The largest absolute Gasteiger partial charge is 0.488 e. The maximum atomic E-state index is 11.4. The minimum atomic E-state index is 0.128. The van der Waals surface area contributed by atoms with E-state index in [9.17, 15) is 4.79 Å². The number of rotatable bonds is 5. The summed E-state index contributed by atoms with van der Waals surface area (Å²) in [5.41, 5.74) is 1.16. The second-order valence-electron chi connectivity index (χ2n) is 4.94. The normalized spacial score (nSPS) is 16.9. The van der Waals surface area contributed by atoms with Crippen LogP contribution in [0.25, 0.3) is 0 Å². The number of ether oxygens (including phenoxy) is 1. The Hall–Kier alpha value is -1.26. The van der Waals surface area contributed by atoms with Crippen molar-refractivity contribution in [3.8, 4) is 5.75 Å². The molecule has 0 fully saturated rings. The molecule has 1 aliphatic heterocycles. The molecule has 0 bridgehead atoms. The molecule has 1 aliphatic rings. The van der Waals surface area contributed by atoms with Crippen molar-refractivity contribution in [3.63, 3.8) is 0 Å². The summed E-state index contributed by atoms with van der Waals surface area (Å²) in [7, 11) is 3.53. The first-order valence-corrected chi connectivity index (χ1v) is 6.80. The highest BCUT2D eigenvalue weighted by atomic mass is 35.5. The Bertz CT molecular complexity index is 463. The molecule has 0 aliphatic carbocycles. The molecular weight excluding hydrogens is 264 g/mol. The van der Waals surface area contributed by atoms with Gasteiger partial charge in [-0.3, -0.25) is 4.79 Å². The van der Waals surface area contributed by atoms with Crippen LogP contribution in [-0.4, -0.2) is 44.1 Å². The second-order valence-corrected chi connectivity index (χ2v) is 5.37. The first-order chi connectivity index (χ1) is 9.06. The summed E-state index contributed by atoms with van der Waals surface area (Å²) < 4.78 is 5.80. The van der Waals surface area contributed by atoms with E-state index in [1.165, 1.54) is 0 Å². The first-order valence-electron chi connectivity index (χ1n) is 6.42. The van der Waals surface area contributed by atoms with E-state index in [1.54, 1.807) is 19.0 Å². The van der Waals surface area contributed by atoms with Crippen molar-refractivity contribution in [2.75, 3.05) is 27.2 Å². The number of benzene rings is 1. The van der Waals surface area contributed by atoms with E-state index >= 15 is 0 Å². The maximum absolute atomic E-state index is 11.4. The molecule has 19 heavy (non-hydrogen) atoms. The van der Waals surface area contributed by atoms with Crippen LogP contribution in [0.15, 0.2) is 18.2 Å². The van der Waals surface area contributed by atoms with Crippen molar-refractivity contribution in [1.29, 1.82) is 0 Å². The SMILES string of the molecule is CN(C)C(=O)CCNCC1Cc2cc(Cl)ccc2O1. The lowest BCUT2D eigenvalue weighted by Crippen LogP contribution is -2.33. The van der Waals surface area contributed by atoms with E-state index in [0.717, 1.165) is 29.3 Å². The van der Waals surface area contributed by atoms with Crippen molar-refractivity contribution in [2.24, 2.45) is 0 Å². The third-order valence-electron chi connectivity index (χ3n) is 3.15. The average Bonchev–Trinajstić information content (AvgIpc) is 2.75. The number of nitrogens with one attached hydrogen (secondary N) is 1. The van der Waals surface area contributed by atoms with Gasteiger partial charge in [0, 0.05) is 45.0 Å². The molecule has 4 nitrogen and oxygen atoms in total. The van der Waals surface area contributed by atoms with Crippen LogP contribution in [0.3, 0.4) is 0 Å². The third kappa shape index (κ3) is 3.85. The minimum Gasteiger partial charge on any atom is -0.488 e. The highest BCUT2D eigenvalue weighted by Gasteiger charge is 2.22. The van der Waals surface area contributed by atoms with E-state index in [2.05, 4.69) is 5.32 Å². The highest BCUT2D eigenvalue weighted by Crippen LogP contribution is 2.30. The van der Waals surface area contributed by atoms with Gasteiger partial charge in [0.25, 0.3) is 0 Å². The van der Waals surface area contributed by atoms with Crippen LogP contribution >= 0.6 is 11.6 Å². The number of hydrogen-bond donors (Lipinski definition) is 1. The van der Waals surface area contributed by atoms with Gasteiger partial charge in [-0.2, -0.15) is 0 Å². The first kappa shape index (κ1) is 14.2. The van der Waals surface area contributed by atoms with Crippen molar-refractivity contribution < 1.29 is 9.53 Å². The van der Waals surface area contributed by atoms with Crippen LogP contribution in [0.5, 0.6) is 5.75 Å². The van der Waals surface area contributed by atoms with Crippen molar-refractivity contribution in [1.82, 2.24) is 10.2 Å². The van der Waals surface area contributed by atoms with Gasteiger partial charge >= 0.3 is 0 Å². The lowest BCUT2D eigenvalue weighted by molar-refractivity contribution is -0.128. The fraction of sp³-hybridized carbons (Fsp3) is 0.500. The molecule has 0 radical (unpaired) electrons. The lowest BCUT2D eigenvalue weighted by Gasteiger charge is -2.13. The molecule has 0 saturated heterocycles. The highest BCUT2D eigenvalue weighted by molar-refractivity contribution is 6.30. The maximum Gasteiger partial charge on any atom is 0.223 e. The van der Waals surface area contributed by atoms with Crippen molar-refractivity contribution in [3.05, 3.63) is 28.8 Å². The fourth-order valence-electron chi connectivity index (χ4n) is 2.08. The molecule has 1 heterocycles. The van der Waals surface area contributed by atoms with E-state index in [4.69, 9.17) is 16.3 Å². The number of carbonyl (C=O) groups excluding carboxylic acids is 1. The van der Waals surface area contributed by atoms with Crippen LogP contribution in [0.2, 0.25) is 5.02 Å². The van der Waals surface area contributed by atoms with Crippen LogP contribution in [0, 0.1) is 0 Å². The summed E-state index contributed by atoms with van der Waals surface area (Å²) >= 11 is 5.95. The molecule has 1 unspecified atom stereocenters. The van der Waals surface area contributed by atoms with Crippen molar-refractivity contribution in [2.45, 2.75) is 18.9 Å². The van der Waals surface area contributed by atoms with Gasteiger partial charge in [0.05, 0.1) is 0 Å². The smallest absolute Gasteiger partial charge is 0.223 e. The van der Waals surface area contributed by atoms with E-state index in [0.29, 0.717) is 13.0 Å². The summed E-state index contributed by atoms with van der Waals surface area (Å²) in [4.78, 5) is 13.0. The summed E-state index contributed by atoms with van der Waals surface area (Å²) in [5, 5.41) is 4.00. The quantitative estimate of drug-likeness (QED) is 0.836. The molecule has 104 valence electrons. The van der Waals surface area contributed by atoms with Gasteiger partial charge in [0.1, 0.15) is 11.9 Å². The predicted molar refractivity (Wildman–Crippen MR) is 75.8 cm³/mol. The third-order valence-corrected chi connectivity index (χ3v) is 3.39. The summed E-state index contributed by atoms with van der Waals surface area (Å²) in [6.07, 6.45) is 1.51. The lowest BCUT2D eigenvalue weighted by atomic mass is 10.1. The van der Waals surface area contributed by atoms with Crippen LogP contribution in [-0.2, 0) is 11.2 Å². The molecular formula is C14H19ClN2O2. The van der Waals surface area contributed by atoms with Gasteiger partial charge in [0.2, 0.25) is 5.91 Å². The minimum absolute atomic E-state index is 0.128. The van der Waals surface area contributed by atoms with E-state index in [-0.39, 0.29) is 12.0 Å². The molecule has 1 amide bonds. The Morgan fingerprint density at radius 2 is 2.32 bits per heavy atom. The molecule has 2 rings (SSSR count). The Morgan fingerprint density at radius 1 is 1.53 bits per heavy atom. The zero-order valence-electron chi connectivity index (χ0n) is 11.3. The second kappa shape index (κ2) is 6.26. The Labute approximate surface area is 118 Å². The standard InChI is InChI=1S/C14H19ClN2O2/c1-17(2)14(18)5-6-16-9-12-8-10-7-11(15)3-4-13(10)19-12/h3-4,7,12,16H,5-6,8-9H2,1-2H3. The summed E-state index contributed by atoms with van der Waals surface area (Å²) in [6, 6.07) is 5.70.